The third-order valence-electron chi connectivity index (χ3n) is 5.50. The number of allylic oxidation sites excluding steroid dienone is 1. The van der Waals surface area contributed by atoms with Gasteiger partial charge in [-0.15, -0.1) is 0 Å². The Kier molecular flexibility index (Phi) is 4.39. The van der Waals surface area contributed by atoms with E-state index in [1.807, 2.05) is 42.7 Å². The Balaban J connectivity index is 1.69. The summed E-state index contributed by atoms with van der Waals surface area (Å²) >= 11 is 0. The monoisotopic (exact) mass is 394 g/mol. The van der Waals surface area contributed by atoms with Crippen LogP contribution in [0.2, 0.25) is 0 Å². The fourth-order valence-corrected chi connectivity index (χ4v) is 4.04. The van der Waals surface area contributed by atoms with Crippen LogP contribution in [0, 0.1) is 0 Å². The van der Waals surface area contributed by atoms with Crippen molar-refractivity contribution in [3.05, 3.63) is 78.0 Å². The molecule has 0 saturated carbocycles. The molecule has 0 radical (unpaired) electrons. The normalized spacial score (nSPS) is 13.9. The average molecular weight is 394 g/mol. The van der Waals surface area contributed by atoms with E-state index in [0.29, 0.717) is 12.4 Å². The molecule has 0 fully saturated rings. The Hall–Kier alpha value is -3.80. The Morgan fingerprint density at radius 2 is 1.87 bits per heavy atom. The van der Waals surface area contributed by atoms with Gasteiger partial charge in [0.2, 0.25) is 0 Å². The summed E-state index contributed by atoms with van der Waals surface area (Å²) in [5, 5.41) is 0. The summed E-state index contributed by atoms with van der Waals surface area (Å²) in [6, 6.07) is 12.0. The number of pyridine rings is 3. The number of rotatable bonds is 4. The van der Waals surface area contributed by atoms with Gasteiger partial charge in [-0.1, -0.05) is 6.07 Å². The number of hydrogen-bond donors (Lipinski definition) is 1. The van der Waals surface area contributed by atoms with Gasteiger partial charge in [0.1, 0.15) is 5.82 Å². The van der Waals surface area contributed by atoms with Crippen LogP contribution in [-0.4, -0.2) is 31.8 Å². The van der Waals surface area contributed by atoms with Crippen LogP contribution in [0.4, 0.5) is 5.82 Å². The maximum atomic E-state index is 5.78. The minimum absolute atomic E-state index is 0.504. The first-order valence-electron chi connectivity index (χ1n) is 9.92. The lowest BCUT2D eigenvalue weighted by Gasteiger charge is -2.08. The highest BCUT2D eigenvalue weighted by atomic mass is 15.0. The highest BCUT2D eigenvalue weighted by Crippen LogP contribution is 2.33. The largest absolute Gasteiger partial charge is 0.384 e. The topological polar surface area (TPSA) is 82.0 Å². The van der Waals surface area contributed by atoms with Gasteiger partial charge >= 0.3 is 0 Å². The number of nitrogens with zero attached hydrogens (tertiary/aromatic N) is 5. The van der Waals surface area contributed by atoms with Crippen LogP contribution in [0.15, 0.2) is 71.8 Å². The van der Waals surface area contributed by atoms with Gasteiger partial charge in [0.05, 0.1) is 29.8 Å². The minimum Gasteiger partial charge on any atom is -0.384 e. The van der Waals surface area contributed by atoms with Crippen LogP contribution >= 0.6 is 0 Å². The number of nitrogens with two attached hydrogens (primary N) is 1. The van der Waals surface area contributed by atoms with E-state index in [2.05, 4.69) is 45.6 Å². The number of fused-ring (bicyclic) bond motifs is 1. The molecule has 0 saturated heterocycles. The number of aliphatic imine (C=N–C) groups is 1. The summed E-state index contributed by atoms with van der Waals surface area (Å²) in [5.41, 5.74) is 15.4. The Bertz CT molecular complexity index is 1300. The number of nitrogen functional groups attached to an aromatic ring is 1. The fraction of sp³-hybridized carbons (Fsp3) is 0.167. The molecule has 6 nitrogen and oxygen atoms in total. The molecule has 5 heterocycles. The summed E-state index contributed by atoms with van der Waals surface area (Å²) < 4.78 is 2.21. The molecule has 0 aromatic carbocycles. The predicted octanol–water partition coefficient (Wildman–Crippen LogP) is 4.37. The van der Waals surface area contributed by atoms with Gasteiger partial charge < -0.3 is 10.3 Å². The first kappa shape index (κ1) is 18.2. The van der Waals surface area contributed by atoms with Crippen LogP contribution in [-0.2, 0) is 6.54 Å². The molecular formula is C24H22N6. The van der Waals surface area contributed by atoms with Gasteiger partial charge in [-0.3, -0.25) is 15.0 Å². The van der Waals surface area contributed by atoms with Crippen molar-refractivity contribution in [3.8, 4) is 11.1 Å². The van der Waals surface area contributed by atoms with E-state index in [1.165, 1.54) is 11.1 Å². The van der Waals surface area contributed by atoms with Crippen molar-refractivity contribution in [2.75, 3.05) is 12.3 Å². The van der Waals surface area contributed by atoms with Gasteiger partial charge in [-0.05, 0) is 49.8 Å². The molecule has 0 atom stereocenters. The third kappa shape index (κ3) is 3.16. The van der Waals surface area contributed by atoms with Crippen molar-refractivity contribution in [1.82, 2.24) is 19.5 Å². The number of aromatic nitrogens is 4. The van der Waals surface area contributed by atoms with Gasteiger partial charge in [0.25, 0.3) is 0 Å². The SMILES string of the molecule is CC1=NCC(C)=C1c1cnc2c(-c3ccc(N)nc3)cn(Cc3ccccn3)c2c1. The van der Waals surface area contributed by atoms with Gasteiger partial charge in [-0.25, -0.2) is 4.98 Å². The van der Waals surface area contributed by atoms with E-state index in [0.717, 1.165) is 45.7 Å². The minimum atomic E-state index is 0.504. The molecule has 0 aliphatic carbocycles. The molecule has 0 unspecified atom stereocenters. The lowest BCUT2D eigenvalue weighted by atomic mass is 10.00. The number of hydrogen-bond acceptors (Lipinski definition) is 5. The lowest BCUT2D eigenvalue weighted by Crippen LogP contribution is -2.01. The fourth-order valence-electron chi connectivity index (χ4n) is 4.04. The van der Waals surface area contributed by atoms with Crippen LogP contribution in [0.25, 0.3) is 27.7 Å². The number of anilines is 1. The summed E-state index contributed by atoms with van der Waals surface area (Å²) in [7, 11) is 0. The maximum Gasteiger partial charge on any atom is 0.123 e. The molecule has 0 bridgehead atoms. The van der Waals surface area contributed by atoms with E-state index in [9.17, 15) is 0 Å². The quantitative estimate of drug-likeness (QED) is 0.557. The van der Waals surface area contributed by atoms with Crippen molar-refractivity contribution in [2.24, 2.45) is 4.99 Å². The van der Waals surface area contributed by atoms with Crippen LogP contribution in [0.3, 0.4) is 0 Å². The maximum absolute atomic E-state index is 5.78. The molecule has 5 rings (SSSR count). The average Bonchev–Trinajstić information content (AvgIpc) is 3.28. The standard InChI is InChI=1S/C24H22N6/c1-15-10-27-16(2)23(15)18-9-21-24(29-12-18)20(17-6-7-22(25)28-11-17)14-30(21)13-19-5-3-4-8-26-19/h3-9,11-12,14H,10,13H2,1-2H3,(H2,25,28). The molecule has 2 N–H and O–H groups in total. The first-order chi connectivity index (χ1) is 14.6. The van der Waals surface area contributed by atoms with Crippen LogP contribution in [0.5, 0.6) is 0 Å². The Morgan fingerprint density at radius 1 is 1.00 bits per heavy atom. The predicted molar refractivity (Wildman–Crippen MR) is 121 cm³/mol. The van der Waals surface area contributed by atoms with E-state index in [-0.39, 0.29) is 0 Å². The first-order valence-corrected chi connectivity index (χ1v) is 9.92. The molecule has 1 aliphatic rings. The van der Waals surface area contributed by atoms with Gasteiger partial charge in [0.15, 0.2) is 0 Å². The van der Waals surface area contributed by atoms with E-state index < -0.39 is 0 Å². The molecule has 30 heavy (non-hydrogen) atoms. The summed E-state index contributed by atoms with van der Waals surface area (Å²) in [4.78, 5) is 18.2. The zero-order chi connectivity index (χ0) is 20.7. The third-order valence-corrected chi connectivity index (χ3v) is 5.50. The molecular weight excluding hydrogens is 372 g/mol. The molecule has 4 aromatic rings. The molecule has 1 aliphatic heterocycles. The van der Waals surface area contributed by atoms with Crippen LogP contribution < -0.4 is 5.73 Å². The van der Waals surface area contributed by atoms with Gasteiger partial charge in [-0.2, -0.15) is 0 Å². The highest BCUT2D eigenvalue weighted by Gasteiger charge is 2.18. The Labute approximate surface area is 174 Å². The summed E-state index contributed by atoms with van der Waals surface area (Å²) in [6.07, 6.45) is 7.69. The van der Waals surface area contributed by atoms with E-state index in [4.69, 9.17) is 10.7 Å². The highest BCUT2D eigenvalue weighted by molar-refractivity contribution is 6.25. The zero-order valence-corrected chi connectivity index (χ0v) is 17.0. The van der Waals surface area contributed by atoms with Crippen molar-refractivity contribution in [2.45, 2.75) is 20.4 Å². The second-order valence-corrected chi connectivity index (χ2v) is 7.61. The molecule has 148 valence electrons. The van der Waals surface area contributed by atoms with E-state index >= 15 is 0 Å². The van der Waals surface area contributed by atoms with Crippen molar-refractivity contribution >= 4 is 28.1 Å². The smallest absolute Gasteiger partial charge is 0.123 e. The summed E-state index contributed by atoms with van der Waals surface area (Å²) in [6.45, 7) is 5.62. The molecule has 6 heteroatoms. The second-order valence-electron chi connectivity index (χ2n) is 7.61. The molecule has 0 amide bonds. The van der Waals surface area contributed by atoms with E-state index in [1.54, 1.807) is 6.20 Å². The second kappa shape index (κ2) is 7.22. The van der Waals surface area contributed by atoms with Gasteiger partial charge in [0, 0.05) is 52.8 Å². The molecule has 4 aromatic heterocycles. The summed E-state index contributed by atoms with van der Waals surface area (Å²) in [5.74, 6) is 0.504. The van der Waals surface area contributed by atoms with Crippen molar-refractivity contribution in [1.29, 1.82) is 0 Å². The van der Waals surface area contributed by atoms with Crippen molar-refractivity contribution in [3.63, 3.8) is 0 Å². The Morgan fingerprint density at radius 3 is 2.57 bits per heavy atom. The zero-order valence-electron chi connectivity index (χ0n) is 17.0. The van der Waals surface area contributed by atoms with Crippen LogP contribution in [0.1, 0.15) is 25.1 Å². The molecule has 0 spiro atoms. The van der Waals surface area contributed by atoms with Crippen molar-refractivity contribution < 1.29 is 0 Å². The lowest BCUT2D eigenvalue weighted by molar-refractivity contribution is 0.807.